The molecule has 186 valence electrons. The molecular weight excluding hydrogens is 468 g/mol. The number of aryl methyl sites for hydroxylation is 1. The van der Waals surface area contributed by atoms with E-state index >= 15 is 0 Å². The topological polar surface area (TPSA) is 68.1 Å². The van der Waals surface area contributed by atoms with Crippen molar-refractivity contribution in [3.05, 3.63) is 82.9 Å². The van der Waals surface area contributed by atoms with Gasteiger partial charge in [-0.2, -0.15) is 5.10 Å². The van der Waals surface area contributed by atoms with E-state index in [-0.39, 0.29) is 0 Å². The van der Waals surface area contributed by atoms with Crippen LogP contribution in [0.1, 0.15) is 48.7 Å². The molecule has 0 unspecified atom stereocenters. The van der Waals surface area contributed by atoms with Crippen LogP contribution in [0.15, 0.2) is 76.8 Å². The molecule has 1 heterocycles. The predicted molar refractivity (Wildman–Crippen MR) is 150 cm³/mol. The Balaban J connectivity index is 1.51. The molecule has 0 bridgehead atoms. The Morgan fingerprint density at radius 2 is 1.83 bits per heavy atom. The molecule has 3 aromatic carbocycles. The Hall–Kier alpha value is -3.71. The summed E-state index contributed by atoms with van der Waals surface area (Å²) in [6.07, 6.45) is 6.40. The van der Waals surface area contributed by atoms with Gasteiger partial charge in [-0.1, -0.05) is 56.0 Å². The summed E-state index contributed by atoms with van der Waals surface area (Å²) in [5.74, 6) is 2.03. The van der Waals surface area contributed by atoms with Crippen LogP contribution in [0.4, 0.5) is 5.69 Å². The van der Waals surface area contributed by atoms with E-state index in [1.807, 2.05) is 60.7 Å². The summed E-state index contributed by atoms with van der Waals surface area (Å²) in [5, 5.41) is 5.24. The average molecular weight is 501 g/mol. The van der Waals surface area contributed by atoms with Crippen LogP contribution in [0.3, 0.4) is 0 Å². The summed E-state index contributed by atoms with van der Waals surface area (Å²) in [6, 6.07) is 21.9. The Kier molecular flexibility index (Phi) is 9.05. The van der Waals surface area contributed by atoms with E-state index in [2.05, 4.69) is 30.4 Å². The minimum Gasteiger partial charge on any atom is -0.493 e. The molecule has 0 atom stereocenters. The Bertz CT molecular complexity index is 1300. The monoisotopic (exact) mass is 500 g/mol. The number of methoxy groups -OCH3 is 1. The summed E-state index contributed by atoms with van der Waals surface area (Å²) < 4.78 is 12.6. The first kappa shape index (κ1) is 25.4. The number of nitrogens with zero attached hydrogens (tertiary/aromatic N) is 3. The van der Waals surface area contributed by atoms with Crippen molar-refractivity contribution in [2.45, 2.75) is 39.5 Å². The fourth-order valence-electron chi connectivity index (χ4n) is 3.61. The van der Waals surface area contributed by atoms with Crippen LogP contribution in [0.2, 0.25) is 0 Å². The van der Waals surface area contributed by atoms with Crippen molar-refractivity contribution in [3.63, 3.8) is 0 Å². The van der Waals surface area contributed by atoms with Crippen LogP contribution in [-0.4, -0.2) is 30.8 Å². The van der Waals surface area contributed by atoms with E-state index in [4.69, 9.17) is 19.5 Å². The van der Waals surface area contributed by atoms with Gasteiger partial charge in [0, 0.05) is 0 Å². The molecule has 0 saturated carbocycles. The molecule has 0 aliphatic carbocycles. The summed E-state index contributed by atoms with van der Waals surface area (Å²) >= 11 is 1.58. The number of benzene rings is 3. The number of aliphatic imine (C=N–C) groups is 1. The highest BCUT2D eigenvalue weighted by molar-refractivity contribution is 7.20. The van der Waals surface area contributed by atoms with Crippen LogP contribution in [0.5, 0.6) is 11.5 Å². The molecule has 36 heavy (non-hydrogen) atoms. The van der Waals surface area contributed by atoms with Gasteiger partial charge in [0.05, 0.1) is 35.8 Å². The molecule has 0 saturated heterocycles. The van der Waals surface area contributed by atoms with E-state index in [1.54, 1.807) is 24.7 Å². The van der Waals surface area contributed by atoms with Crippen LogP contribution in [-0.2, 0) is 0 Å². The second-order valence-corrected chi connectivity index (χ2v) is 9.50. The number of ether oxygens (including phenoxy) is 2. The van der Waals surface area contributed by atoms with Crippen molar-refractivity contribution in [1.29, 1.82) is 0 Å². The lowest BCUT2D eigenvalue weighted by atomic mass is 10.2. The highest BCUT2D eigenvalue weighted by atomic mass is 32.1. The normalized spacial score (nSPS) is 11.8. The number of unbranched alkanes of at least 4 members (excludes halogenated alkanes) is 3. The molecule has 0 spiro atoms. The van der Waals surface area contributed by atoms with Crippen molar-refractivity contribution >= 4 is 39.3 Å². The van der Waals surface area contributed by atoms with Gasteiger partial charge in [-0.05, 0) is 61.4 Å². The van der Waals surface area contributed by atoms with Gasteiger partial charge >= 0.3 is 0 Å². The van der Waals surface area contributed by atoms with Gasteiger partial charge in [-0.25, -0.2) is 9.98 Å². The number of hydrogen-bond acceptors (Lipinski definition) is 6. The van der Waals surface area contributed by atoms with Crippen LogP contribution in [0, 0.1) is 6.92 Å². The van der Waals surface area contributed by atoms with Crippen molar-refractivity contribution in [2.24, 2.45) is 10.1 Å². The van der Waals surface area contributed by atoms with Crippen molar-refractivity contribution in [2.75, 3.05) is 13.7 Å². The van der Waals surface area contributed by atoms with E-state index < -0.39 is 0 Å². The molecule has 6 nitrogen and oxygen atoms in total. The van der Waals surface area contributed by atoms with Crippen molar-refractivity contribution in [3.8, 4) is 11.5 Å². The SMILES string of the molecule is CCCCCCOc1ccc(/C=N/NC(=Nc2ccc(C)cc2)c2nc3ccccc3s2)cc1OC. The molecule has 1 aromatic heterocycles. The summed E-state index contributed by atoms with van der Waals surface area (Å²) in [6.45, 7) is 4.95. The molecule has 4 aromatic rings. The number of thiazole rings is 1. The third-order valence-electron chi connectivity index (χ3n) is 5.60. The van der Waals surface area contributed by atoms with E-state index in [0.29, 0.717) is 18.2 Å². The maximum atomic E-state index is 5.92. The highest BCUT2D eigenvalue weighted by Crippen LogP contribution is 2.28. The second kappa shape index (κ2) is 12.8. The van der Waals surface area contributed by atoms with Gasteiger partial charge in [0.2, 0.25) is 0 Å². The smallest absolute Gasteiger partial charge is 0.183 e. The van der Waals surface area contributed by atoms with Gasteiger partial charge in [0.1, 0.15) is 0 Å². The van der Waals surface area contributed by atoms with Crippen LogP contribution in [0.25, 0.3) is 10.2 Å². The maximum absolute atomic E-state index is 5.92. The molecule has 7 heteroatoms. The molecule has 1 N–H and O–H groups in total. The first-order chi connectivity index (χ1) is 17.7. The number of amidine groups is 1. The summed E-state index contributed by atoms with van der Waals surface area (Å²) in [5.41, 5.74) is 6.95. The number of aromatic nitrogens is 1. The first-order valence-electron chi connectivity index (χ1n) is 12.3. The standard InChI is InChI=1S/C29H32N4O2S/c1-4-5-6-9-18-35-25-17-14-22(19-26(25)34-3)20-30-33-28(31-23-15-12-21(2)13-16-23)29-32-24-10-7-8-11-27(24)36-29/h7-8,10-17,19-20H,4-6,9,18H2,1-3H3,(H,31,33)/b30-20+. The quantitative estimate of drug-likeness (QED) is 0.102. The van der Waals surface area contributed by atoms with E-state index in [0.717, 1.165) is 38.6 Å². The Morgan fingerprint density at radius 1 is 1.00 bits per heavy atom. The molecular formula is C29H32N4O2S. The maximum Gasteiger partial charge on any atom is 0.183 e. The lowest BCUT2D eigenvalue weighted by Gasteiger charge is -2.11. The van der Waals surface area contributed by atoms with Gasteiger partial charge in [0.25, 0.3) is 0 Å². The lowest BCUT2D eigenvalue weighted by molar-refractivity contribution is 0.285. The highest BCUT2D eigenvalue weighted by Gasteiger charge is 2.11. The number of fused-ring (bicyclic) bond motifs is 1. The minimum atomic E-state index is 0.593. The van der Waals surface area contributed by atoms with Crippen molar-refractivity contribution in [1.82, 2.24) is 10.4 Å². The lowest BCUT2D eigenvalue weighted by Crippen LogP contribution is -2.18. The first-order valence-corrected chi connectivity index (χ1v) is 13.1. The largest absolute Gasteiger partial charge is 0.493 e. The van der Waals surface area contributed by atoms with Gasteiger partial charge in [0.15, 0.2) is 22.3 Å². The zero-order chi connectivity index (χ0) is 25.2. The fourth-order valence-corrected chi connectivity index (χ4v) is 4.51. The van der Waals surface area contributed by atoms with E-state index in [1.165, 1.54) is 24.8 Å². The van der Waals surface area contributed by atoms with Gasteiger partial charge in [-0.3, -0.25) is 5.43 Å². The number of hydrogen-bond donors (Lipinski definition) is 1. The van der Waals surface area contributed by atoms with E-state index in [9.17, 15) is 0 Å². The average Bonchev–Trinajstić information content (AvgIpc) is 3.34. The third-order valence-corrected chi connectivity index (χ3v) is 6.64. The van der Waals surface area contributed by atoms with Gasteiger partial charge in [-0.15, -0.1) is 11.3 Å². The zero-order valence-electron chi connectivity index (χ0n) is 21.0. The Morgan fingerprint density at radius 3 is 2.61 bits per heavy atom. The summed E-state index contributed by atoms with van der Waals surface area (Å²) in [7, 11) is 1.65. The number of rotatable bonds is 11. The second-order valence-electron chi connectivity index (χ2n) is 8.47. The third kappa shape index (κ3) is 6.92. The Labute approximate surface area is 216 Å². The fraction of sp³-hybridized carbons (Fsp3) is 0.276. The predicted octanol–water partition coefficient (Wildman–Crippen LogP) is 7.27. The van der Waals surface area contributed by atoms with Gasteiger partial charge < -0.3 is 9.47 Å². The van der Waals surface area contributed by atoms with Crippen LogP contribution >= 0.6 is 11.3 Å². The molecule has 0 aliphatic heterocycles. The zero-order valence-corrected chi connectivity index (χ0v) is 21.8. The van der Waals surface area contributed by atoms with Crippen LogP contribution < -0.4 is 14.9 Å². The molecule has 4 rings (SSSR count). The number of nitrogens with one attached hydrogen (secondary N) is 1. The molecule has 0 amide bonds. The molecule has 0 fully saturated rings. The minimum absolute atomic E-state index is 0.593. The number of hydrazone groups is 1. The molecule has 0 aliphatic rings. The summed E-state index contributed by atoms with van der Waals surface area (Å²) in [4.78, 5) is 9.55. The number of para-hydroxylation sites is 1. The molecule has 0 radical (unpaired) electrons. The van der Waals surface area contributed by atoms with Crippen molar-refractivity contribution < 1.29 is 9.47 Å².